The van der Waals surface area contributed by atoms with Crippen LogP contribution in [0.5, 0.6) is 0 Å². The van der Waals surface area contributed by atoms with Crippen LogP contribution >= 0.6 is 11.6 Å². The number of aliphatic carboxylic acids is 1. The molecule has 0 spiro atoms. The van der Waals surface area contributed by atoms with E-state index < -0.39 is 11.9 Å². The van der Waals surface area contributed by atoms with Crippen LogP contribution in [-0.2, 0) is 11.2 Å². The highest BCUT2D eigenvalue weighted by atomic mass is 35.5. The molecular formula is C15H22ClNO2. The maximum atomic E-state index is 10.9. The highest BCUT2D eigenvalue weighted by Gasteiger charge is 2.17. The molecule has 0 aliphatic carbocycles. The van der Waals surface area contributed by atoms with Gasteiger partial charge in [-0.15, -0.1) is 0 Å². The molecule has 0 fully saturated rings. The summed E-state index contributed by atoms with van der Waals surface area (Å²) in [5, 5.41) is 9.74. The van der Waals surface area contributed by atoms with Gasteiger partial charge in [0, 0.05) is 11.6 Å². The zero-order valence-electron chi connectivity index (χ0n) is 11.3. The molecule has 1 aromatic carbocycles. The lowest BCUT2D eigenvalue weighted by Gasteiger charge is -2.17. The van der Waals surface area contributed by atoms with E-state index in [1.165, 1.54) is 5.56 Å². The molecule has 1 rings (SSSR count). The molecule has 0 amide bonds. The van der Waals surface area contributed by atoms with Gasteiger partial charge in [-0.2, -0.15) is 0 Å². The second kappa shape index (κ2) is 8.18. The lowest BCUT2D eigenvalue weighted by atomic mass is 9.89. The number of benzene rings is 1. The molecule has 19 heavy (non-hydrogen) atoms. The number of carbonyl (C=O) groups is 1. The summed E-state index contributed by atoms with van der Waals surface area (Å²) in [5.41, 5.74) is 6.68. The van der Waals surface area contributed by atoms with E-state index in [1.54, 1.807) is 0 Å². The fourth-order valence-corrected chi connectivity index (χ4v) is 2.44. The van der Waals surface area contributed by atoms with E-state index in [0.717, 1.165) is 24.3 Å². The van der Waals surface area contributed by atoms with Crippen molar-refractivity contribution >= 4 is 17.6 Å². The van der Waals surface area contributed by atoms with Gasteiger partial charge in [-0.1, -0.05) is 37.1 Å². The Bertz CT molecular complexity index is 409. The van der Waals surface area contributed by atoms with Crippen molar-refractivity contribution < 1.29 is 9.90 Å². The Labute approximate surface area is 119 Å². The van der Waals surface area contributed by atoms with Gasteiger partial charge in [0.15, 0.2) is 0 Å². The zero-order valence-corrected chi connectivity index (χ0v) is 12.1. The van der Waals surface area contributed by atoms with E-state index in [2.05, 4.69) is 13.0 Å². The van der Waals surface area contributed by atoms with Gasteiger partial charge in [0.25, 0.3) is 0 Å². The summed E-state index contributed by atoms with van der Waals surface area (Å²) in [6.07, 6.45) is 3.50. The van der Waals surface area contributed by atoms with Crippen molar-refractivity contribution in [2.45, 2.75) is 32.6 Å². The molecule has 3 nitrogen and oxygen atoms in total. The van der Waals surface area contributed by atoms with Gasteiger partial charge in [-0.05, 0) is 42.9 Å². The molecule has 0 radical (unpaired) electrons. The Kier molecular flexibility index (Phi) is 6.89. The predicted octanol–water partition coefficient (Wildman–Crippen LogP) is 3.35. The molecular weight excluding hydrogens is 262 g/mol. The third kappa shape index (κ3) is 5.62. The van der Waals surface area contributed by atoms with Crippen LogP contribution in [-0.4, -0.2) is 17.6 Å². The number of rotatable bonds is 8. The van der Waals surface area contributed by atoms with Crippen molar-refractivity contribution in [1.29, 1.82) is 0 Å². The first-order valence-electron chi connectivity index (χ1n) is 6.74. The van der Waals surface area contributed by atoms with Crippen molar-refractivity contribution in [2.75, 3.05) is 6.54 Å². The molecule has 4 heteroatoms. The van der Waals surface area contributed by atoms with Gasteiger partial charge >= 0.3 is 5.97 Å². The van der Waals surface area contributed by atoms with Gasteiger partial charge < -0.3 is 10.8 Å². The molecule has 0 aliphatic heterocycles. The fraction of sp³-hybridized carbons (Fsp3) is 0.533. The summed E-state index contributed by atoms with van der Waals surface area (Å²) >= 11 is 5.97. The largest absolute Gasteiger partial charge is 0.481 e. The smallest absolute Gasteiger partial charge is 0.307 e. The average molecular weight is 284 g/mol. The maximum absolute atomic E-state index is 10.9. The molecule has 1 aromatic rings. The number of carboxylic acid groups (broad SMARTS) is 1. The quantitative estimate of drug-likeness (QED) is 0.769. The Morgan fingerprint density at radius 3 is 2.68 bits per heavy atom. The normalized spacial score (nSPS) is 14.1. The van der Waals surface area contributed by atoms with Crippen molar-refractivity contribution in [2.24, 2.45) is 17.6 Å². The third-order valence-electron chi connectivity index (χ3n) is 3.55. The van der Waals surface area contributed by atoms with Crippen LogP contribution in [0.1, 0.15) is 31.7 Å². The van der Waals surface area contributed by atoms with Crippen LogP contribution in [0, 0.1) is 11.8 Å². The van der Waals surface area contributed by atoms with E-state index >= 15 is 0 Å². The van der Waals surface area contributed by atoms with Crippen molar-refractivity contribution in [3.05, 3.63) is 34.9 Å². The molecule has 106 valence electrons. The number of halogens is 1. The van der Waals surface area contributed by atoms with Gasteiger partial charge in [0.1, 0.15) is 0 Å². The average Bonchev–Trinajstić information content (AvgIpc) is 2.37. The fourth-order valence-electron chi connectivity index (χ4n) is 2.23. The second-order valence-electron chi connectivity index (χ2n) is 4.96. The lowest BCUT2D eigenvalue weighted by molar-refractivity contribution is -0.141. The van der Waals surface area contributed by atoms with E-state index in [-0.39, 0.29) is 6.54 Å². The first-order chi connectivity index (χ1) is 9.06. The third-order valence-corrected chi connectivity index (χ3v) is 3.78. The second-order valence-corrected chi connectivity index (χ2v) is 5.39. The molecule has 0 saturated carbocycles. The minimum Gasteiger partial charge on any atom is -0.481 e. The summed E-state index contributed by atoms with van der Waals surface area (Å²) < 4.78 is 0. The number of nitrogens with two attached hydrogens (primary N) is 1. The molecule has 0 aliphatic rings. The standard InChI is InChI=1S/C15H22ClNO2/c1-2-11(6-7-13(10-17)15(18)19)8-12-4-3-5-14(16)9-12/h3-5,9,11,13H,2,6-8,10,17H2,1H3,(H,18,19). The van der Waals surface area contributed by atoms with Crippen molar-refractivity contribution in [3.63, 3.8) is 0 Å². The minimum atomic E-state index is -0.792. The predicted molar refractivity (Wildman–Crippen MR) is 78.4 cm³/mol. The molecule has 0 aromatic heterocycles. The zero-order chi connectivity index (χ0) is 14.3. The highest BCUT2D eigenvalue weighted by Crippen LogP contribution is 2.22. The SMILES string of the molecule is CCC(CCC(CN)C(=O)O)Cc1cccc(Cl)c1. The number of hydrogen-bond acceptors (Lipinski definition) is 2. The first kappa shape index (κ1) is 16.0. The van der Waals surface area contributed by atoms with Gasteiger partial charge in [0.05, 0.1) is 5.92 Å². The molecule has 2 atom stereocenters. The molecule has 0 saturated heterocycles. The van der Waals surface area contributed by atoms with Gasteiger partial charge in [0.2, 0.25) is 0 Å². The topological polar surface area (TPSA) is 63.3 Å². The Hall–Kier alpha value is -1.06. The Morgan fingerprint density at radius 2 is 2.16 bits per heavy atom. The van der Waals surface area contributed by atoms with Crippen LogP contribution in [0.4, 0.5) is 0 Å². The summed E-state index contributed by atoms with van der Waals surface area (Å²) in [6.45, 7) is 2.34. The molecule has 3 N–H and O–H groups in total. The molecule has 0 bridgehead atoms. The van der Waals surface area contributed by atoms with Crippen LogP contribution in [0.25, 0.3) is 0 Å². The van der Waals surface area contributed by atoms with E-state index in [4.69, 9.17) is 22.4 Å². The van der Waals surface area contributed by atoms with Crippen LogP contribution < -0.4 is 5.73 Å². The summed E-state index contributed by atoms with van der Waals surface area (Å²) in [6, 6.07) is 7.85. The minimum absolute atomic E-state index is 0.211. The Morgan fingerprint density at radius 1 is 1.42 bits per heavy atom. The summed E-state index contributed by atoms with van der Waals surface area (Å²) in [5.74, 6) is -0.736. The summed E-state index contributed by atoms with van der Waals surface area (Å²) in [7, 11) is 0. The van der Waals surface area contributed by atoms with Crippen molar-refractivity contribution in [1.82, 2.24) is 0 Å². The van der Waals surface area contributed by atoms with Gasteiger partial charge in [-0.3, -0.25) is 4.79 Å². The van der Waals surface area contributed by atoms with E-state index in [0.29, 0.717) is 12.3 Å². The molecule has 2 unspecified atom stereocenters. The highest BCUT2D eigenvalue weighted by molar-refractivity contribution is 6.30. The molecule has 0 heterocycles. The van der Waals surface area contributed by atoms with Crippen molar-refractivity contribution in [3.8, 4) is 0 Å². The van der Waals surface area contributed by atoms with Crippen LogP contribution in [0.3, 0.4) is 0 Å². The van der Waals surface area contributed by atoms with E-state index in [1.807, 2.05) is 18.2 Å². The van der Waals surface area contributed by atoms with Crippen LogP contribution in [0.2, 0.25) is 5.02 Å². The first-order valence-corrected chi connectivity index (χ1v) is 7.11. The summed E-state index contributed by atoms with van der Waals surface area (Å²) in [4.78, 5) is 10.9. The number of hydrogen-bond donors (Lipinski definition) is 2. The number of carboxylic acids is 1. The van der Waals surface area contributed by atoms with Crippen LogP contribution in [0.15, 0.2) is 24.3 Å². The Balaban J connectivity index is 2.52. The monoisotopic (exact) mass is 283 g/mol. The maximum Gasteiger partial charge on any atom is 0.307 e. The van der Waals surface area contributed by atoms with E-state index in [9.17, 15) is 4.79 Å². The lowest BCUT2D eigenvalue weighted by Crippen LogP contribution is -2.24. The van der Waals surface area contributed by atoms with Gasteiger partial charge in [-0.25, -0.2) is 0 Å².